The van der Waals surface area contributed by atoms with Crippen LogP contribution in [0.1, 0.15) is 37.9 Å². The molecule has 2 rings (SSSR count). The number of aromatic nitrogens is 2. The van der Waals surface area contributed by atoms with Crippen molar-refractivity contribution < 1.29 is 4.74 Å². The molecule has 1 aromatic rings. The first-order valence-corrected chi connectivity index (χ1v) is 6.88. The van der Waals surface area contributed by atoms with Gasteiger partial charge in [0.05, 0.1) is 5.60 Å². The van der Waals surface area contributed by atoms with E-state index in [-0.39, 0.29) is 5.60 Å². The minimum atomic E-state index is 0.148. The molecule has 0 aromatic carbocycles. The molecule has 4 nitrogen and oxygen atoms in total. The Balaban J connectivity index is 1.84. The number of nitrogens with one attached hydrogen (secondary N) is 1. The lowest BCUT2D eigenvalue weighted by Crippen LogP contribution is -2.45. The van der Waals surface area contributed by atoms with Crippen molar-refractivity contribution in [3.8, 4) is 0 Å². The van der Waals surface area contributed by atoms with Crippen LogP contribution in [-0.4, -0.2) is 35.4 Å². The first-order chi connectivity index (χ1) is 8.69. The summed E-state index contributed by atoms with van der Waals surface area (Å²) < 4.78 is 7.81. The maximum atomic E-state index is 5.71. The summed E-state index contributed by atoms with van der Waals surface area (Å²) in [6.07, 6.45) is 10.9. The molecule has 1 fully saturated rings. The van der Waals surface area contributed by atoms with Crippen molar-refractivity contribution >= 4 is 0 Å². The fourth-order valence-corrected chi connectivity index (χ4v) is 2.80. The van der Waals surface area contributed by atoms with Gasteiger partial charge in [-0.1, -0.05) is 0 Å². The molecule has 102 valence electrons. The van der Waals surface area contributed by atoms with Gasteiger partial charge in [0, 0.05) is 39.0 Å². The lowest BCUT2D eigenvalue weighted by molar-refractivity contribution is -0.0835. The van der Waals surface area contributed by atoms with E-state index in [4.69, 9.17) is 4.74 Å². The zero-order valence-corrected chi connectivity index (χ0v) is 11.8. The van der Waals surface area contributed by atoms with E-state index in [1.165, 1.54) is 19.3 Å². The third-order valence-corrected chi connectivity index (χ3v) is 4.36. The van der Waals surface area contributed by atoms with E-state index >= 15 is 0 Å². The predicted octanol–water partition coefficient (Wildman–Crippen LogP) is 1.90. The Morgan fingerprint density at radius 1 is 1.56 bits per heavy atom. The lowest BCUT2D eigenvalue weighted by Gasteiger charge is -2.42. The molecule has 0 saturated heterocycles. The van der Waals surface area contributed by atoms with Crippen molar-refractivity contribution in [2.75, 3.05) is 14.2 Å². The highest BCUT2D eigenvalue weighted by Gasteiger charge is 2.38. The first kappa shape index (κ1) is 13.6. The molecule has 0 aliphatic heterocycles. The molecule has 4 heteroatoms. The van der Waals surface area contributed by atoms with Crippen LogP contribution in [0.2, 0.25) is 0 Å². The monoisotopic (exact) mass is 251 g/mol. The highest BCUT2D eigenvalue weighted by molar-refractivity contribution is 4.96. The molecule has 0 bridgehead atoms. The fourth-order valence-electron chi connectivity index (χ4n) is 2.80. The highest BCUT2D eigenvalue weighted by Crippen LogP contribution is 2.39. The van der Waals surface area contributed by atoms with E-state index in [0.29, 0.717) is 6.04 Å². The average molecular weight is 251 g/mol. The normalized spacial score (nSPS) is 19.5. The second-order valence-corrected chi connectivity index (χ2v) is 5.42. The van der Waals surface area contributed by atoms with Gasteiger partial charge < -0.3 is 14.6 Å². The Labute approximate surface area is 110 Å². The third kappa shape index (κ3) is 2.93. The van der Waals surface area contributed by atoms with Gasteiger partial charge in [0.2, 0.25) is 0 Å². The van der Waals surface area contributed by atoms with Gasteiger partial charge in [-0.25, -0.2) is 4.98 Å². The molecule has 1 heterocycles. The van der Waals surface area contributed by atoms with Gasteiger partial charge in [-0.15, -0.1) is 0 Å². The number of hydrogen-bond donors (Lipinski definition) is 1. The fraction of sp³-hybridized carbons (Fsp3) is 0.786. The Kier molecular flexibility index (Phi) is 4.40. The SMILES string of the molecule is CNC(CCc1nccn1C)CC1(OC)CCC1. The quantitative estimate of drug-likeness (QED) is 0.804. The lowest BCUT2D eigenvalue weighted by atomic mass is 9.75. The van der Waals surface area contributed by atoms with Gasteiger partial charge in [0.25, 0.3) is 0 Å². The van der Waals surface area contributed by atoms with Gasteiger partial charge in [-0.3, -0.25) is 0 Å². The molecule has 0 spiro atoms. The highest BCUT2D eigenvalue weighted by atomic mass is 16.5. The molecule has 1 saturated carbocycles. The van der Waals surface area contributed by atoms with E-state index in [1.807, 2.05) is 26.6 Å². The summed E-state index contributed by atoms with van der Waals surface area (Å²) >= 11 is 0. The Bertz CT molecular complexity index is 365. The summed E-state index contributed by atoms with van der Waals surface area (Å²) in [5, 5.41) is 3.43. The summed E-state index contributed by atoms with van der Waals surface area (Å²) in [5.41, 5.74) is 0.148. The summed E-state index contributed by atoms with van der Waals surface area (Å²) in [5.74, 6) is 1.16. The van der Waals surface area contributed by atoms with Crippen LogP contribution in [0.25, 0.3) is 0 Å². The van der Waals surface area contributed by atoms with Crippen molar-refractivity contribution in [1.82, 2.24) is 14.9 Å². The zero-order chi connectivity index (χ0) is 13.0. The molecule has 1 N–H and O–H groups in total. The largest absolute Gasteiger partial charge is 0.378 e. The molecule has 0 amide bonds. The maximum absolute atomic E-state index is 5.71. The smallest absolute Gasteiger partial charge is 0.108 e. The molecule has 18 heavy (non-hydrogen) atoms. The maximum Gasteiger partial charge on any atom is 0.108 e. The van der Waals surface area contributed by atoms with Crippen LogP contribution in [0.5, 0.6) is 0 Å². The summed E-state index contributed by atoms with van der Waals surface area (Å²) in [7, 11) is 5.95. The van der Waals surface area contributed by atoms with Gasteiger partial charge in [-0.2, -0.15) is 0 Å². The number of ether oxygens (including phenoxy) is 1. The molecule has 1 aliphatic rings. The van der Waals surface area contributed by atoms with Crippen molar-refractivity contribution in [2.45, 2.75) is 50.2 Å². The minimum absolute atomic E-state index is 0.148. The molecule has 0 radical (unpaired) electrons. The van der Waals surface area contributed by atoms with Gasteiger partial charge >= 0.3 is 0 Å². The molecule has 1 unspecified atom stereocenters. The third-order valence-electron chi connectivity index (χ3n) is 4.36. The molecular weight excluding hydrogens is 226 g/mol. The topological polar surface area (TPSA) is 39.1 Å². The van der Waals surface area contributed by atoms with Crippen LogP contribution < -0.4 is 5.32 Å². The van der Waals surface area contributed by atoms with Crippen LogP contribution >= 0.6 is 0 Å². The van der Waals surface area contributed by atoms with Gasteiger partial charge in [0.15, 0.2) is 0 Å². The van der Waals surface area contributed by atoms with Crippen molar-refractivity contribution in [3.05, 3.63) is 18.2 Å². The Hall–Kier alpha value is -0.870. The summed E-state index contributed by atoms with van der Waals surface area (Å²) in [4.78, 5) is 4.38. The van der Waals surface area contributed by atoms with E-state index in [2.05, 4.69) is 21.9 Å². The standard InChI is InChI=1S/C14H25N3O/c1-15-12(11-14(18-3)7-4-8-14)5-6-13-16-9-10-17(13)2/h9-10,12,15H,4-8,11H2,1-3H3. The summed E-state index contributed by atoms with van der Waals surface area (Å²) in [6, 6.07) is 0.516. The zero-order valence-electron chi connectivity index (χ0n) is 11.8. The second kappa shape index (κ2) is 5.85. The number of nitrogens with zero attached hydrogens (tertiary/aromatic N) is 2. The number of methoxy groups -OCH3 is 1. The van der Waals surface area contributed by atoms with E-state index < -0.39 is 0 Å². The van der Waals surface area contributed by atoms with Crippen molar-refractivity contribution in [1.29, 1.82) is 0 Å². The number of aryl methyl sites for hydroxylation is 2. The average Bonchev–Trinajstić information content (AvgIpc) is 2.74. The van der Waals surface area contributed by atoms with E-state index in [9.17, 15) is 0 Å². The Morgan fingerprint density at radius 3 is 2.78 bits per heavy atom. The molecular formula is C14H25N3O. The molecule has 1 aliphatic carbocycles. The number of imidazole rings is 1. The molecule has 1 atom stereocenters. The van der Waals surface area contributed by atoms with Gasteiger partial charge in [-0.05, 0) is 39.2 Å². The van der Waals surface area contributed by atoms with Crippen LogP contribution in [0.15, 0.2) is 12.4 Å². The van der Waals surface area contributed by atoms with Crippen molar-refractivity contribution in [3.63, 3.8) is 0 Å². The van der Waals surface area contributed by atoms with Crippen molar-refractivity contribution in [2.24, 2.45) is 7.05 Å². The summed E-state index contributed by atoms with van der Waals surface area (Å²) in [6.45, 7) is 0. The second-order valence-electron chi connectivity index (χ2n) is 5.42. The number of rotatable bonds is 7. The minimum Gasteiger partial charge on any atom is -0.378 e. The molecule has 1 aromatic heterocycles. The van der Waals surface area contributed by atoms with Crippen LogP contribution in [-0.2, 0) is 18.2 Å². The van der Waals surface area contributed by atoms with Crippen LogP contribution in [0, 0.1) is 0 Å². The van der Waals surface area contributed by atoms with Crippen LogP contribution in [0.4, 0.5) is 0 Å². The van der Waals surface area contributed by atoms with Gasteiger partial charge in [0.1, 0.15) is 5.82 Å². The predicted molar refractivity (Wildman–Crippen MR) is 72.6 cm³/mol. The van der Waals surface area contributed by atoms with E-state index in [0.717, 1.165) is 25.1 Å². The van der Waals surface area contributed by atoms with Crippen LogP contribution in [0.3, 0.4) is 0 Å². The first-order valence-electron chi connectivity index (χ1n) is 6.88. The Morgan fingerprint density at radius 2 is 2.33 bits per heavy atom. The number of hydrogen-bond acceptors (Lipinski definition) is 3. The van der Waals surface area contributed by atoms with E-state index in [1.54, 1.807) is 0 Å².